The van der Waals surface area contributed by atoms with Gasteiger partial charge in [-0.15, -0.1) is 0 Å². The third-order valence-electron chi connectivity index (χ3n) is 6.00. The van der Waals surface area contributed by atoms with Crippen molar-refractivity contribution in [3.8, 4) is 0 Å². The number of hydrogen-bond acceptors (Lipinski definition) is 2. The summed E-state index contributed by atoms with van der Waals surface area (Å²) in [4.78, 5) is 3.66. The van der Waals surface area contributed by atoms with E-state index in [1.165, 1.54) is 22.2 Å². The van der Waals surface area contributed by atoms with Crippen molar-refractivity contribution in [3.63, 3.8) is 0 Å². The number of aromatic nitrogens is 1. The Hall–Kier alpha value is -1.58. The summed E-state index contributed by atoms with van der Waals surface area (Å²) in [6.45, 7) is 4.12. The van der Waals surface area contributed by atoms with Gasteiger partial charge in [-0.25, -0.2) is 0 Å². The van der Waals surface area contributed by atoms with Crippen molar-refractivity contribution >= 4 is 10.9 Å². The lowest BCUT2D eigenvalue weighted by Crippen LogP contribution is -2.53. The minimum atomic E-state index is 0.234. The Kier molecular flexibility index (Phi) is 2.76. The number of allylic oxidation sites excluding steroid dienone is 1. The van der Waals surface area contributed by atoms with Crippen LogP contribution in [0.15, 0.2) is 35.9 Å². The van der Waals surface area contributed by atoms with E-state index in [9.17, 15) is 0 Å². The van der Waals surface area contributed by atoms with Crippen LogP contribution in [-0.4, -0.2) is 24.2 Å². The van der Waals surface area contributed by atoms with Crippen LogP contribution >= 0.6 is 0 Å². The lowest BCUT2D eigenvalue weighted by Gasteiger charge is -2.47. The largest absolute Gasteiger partial charge is 0.372 e. The maximum absolute atomic E-state index is 6.27. The normalized spacial score (nSPS) is 35.4. The molecule has 4 heterocycles. The van der Waals surface area contributed by atoms with Crippen molar-refractivity contribution in [1.29, 1.82) is 0 Å². The summed E-state index contributed by atoms with van der Waals surface area (Å²) in [5.41, 5.74) is 5.63. The molecule has 1 aliphatic carbocycles. The van der Waals surface area contributed by atoms with Crippen molar-refractivity contribution < 1.29 is 4.74 Å². The number of nitrogens with one attached hydrogen (secondary N) is 2. The predicted octanol–water partition coefficient (Wildman–Crippen LogP) is 3.34. The molecule has 2 aromatic rings. The number of H-pyrrole nitrogens is 1. The third kappa shape index (κ3) is 1.70. The average Bonchev–Trinajstić information content (AvgIpc) is 2.91. The topological polar surface area (TPSA) is 37.0 Å². The molecule has 6 rings (SSSR count). The molecule has 1 aromatic carbocycles. The smallest absolute Gasteiger partial charge is 0.0981 e. The van der Waals surface area contributed by atoms with Gasteiger partial charge in [0.1, 0.15) is 0 Å². The first kappa shape index (κ1) is 12.9. The highest BCUT2D eigenvalue weighted by Crippen LogP contribution is 2.46. The summed E-state index contributed by atoms with van der Waals surface area (Å²) in [5.74, 6) is 1.31. The van der Waals surface area contributed by atoms with Crippen LogP contribution in [0.1, 0.15) is 30.7 Å². The molecule has 3 aliphatic heterocycles. The molecule has 1 aromatic heterocycles. The van der Waals surface area contributed by atoms with Gasteiger partial charge in [0.2, 0.25) is 0 Å². The van der Waals surface area contributed by atoms with Crippen LogP contribution in [0.4, 0.5) is 0 Å². The maximum atomic E-state index is 6.27. The number of ether oxygens (including phenoxy) is 1. The quantitative estimate of drug-likeness (QED) is 0.731. The summed E-state index contributed by atoms with van der Waals surface area (Å²) in [7, 11) is 0. The molecular weight excluding hydrogens is 272 g/mol. The average molecular weight is 294 g/mol. The van der Waals surface area contributed by atoms with Gasteiger partial charge < -0.3 is 15.0 Å². The Morgan fingerprint density at radius 2 is 2.18 bits per heavy atom. The maximum Gasteiger partial charge on any atom is 0.0981 e. The Labute approximate surface area is 130 Å². The second-order valence-corrected chi connectivity index (χ2v) is 6.95. The summed E-state index contributed by atoms with van der Waals surface area (Å²) in [6, 6.07) is 9.22. The third-order valence-corrected chi connectivity index (χ3v) is 6.00. The van der Waals surface area contributed by atoms with Crippen molar-refractivity contribution in [2.45, 2.75) is 31.9 Å². The van der Waals surface area contributed by atoms with Gasteiger partial charge in [-0.1, -0.05) is 29.8 Å². The van der Waals surface area contributed by atoms with Crippen LogP contribution in [0.2, 0.25) is 0 Å². The minimum Gasteiger partial charge on any atom is -0.372 e. The van der Waals surface area contributed by atoms with Crippen molar-refractivity contribution in [3.05, 3.63) is 47.2 Å². The Balaban J connectivity index is 1.69. The van der Waals surface area contributed by atoms with Gasteiger partial charge in [0.05, 0.1) is 12.7 Å². The molecule has 2 saturated heterocycles. The van der Waals surface area contributed by atoms with Gasteiger partial charge in [0.15, 0.2) is 0 Å². The van der Waals surface area contributed by atoms with Gasteiger partial charge in [0.25, 0.3) is 0 Å². The van der Waals surface area contributed by atoms with E-state index in [1.807, 2.05) is 0 Å². The SMILES string of the molecule is C/C=C1/CN[C@H]2Cc3c([nH]c4ccccc34)[C@@H]3C[C@H]1[C@@H]2CO3. The van der Waals surface area contributed by atoms with Crippen LogP contribution in [0.3, 0.4) is 0 Å². The summed E-state index contributed by atoms with van der Waals surface area (Å²) < 4.78 is 6.27. The number of fused-ring (bicyclic) bond motifs is 2. The zero-order valence-electron chi connectivity index (χ0n) is 12.9. The van der Waals surface area contributed by atoms with Crippen molar-refractivity contribution in [2.24, 2.45) is 11.8 Å². The number of para-hydroxylation sites is 1. The molecule has 2 fully saturated rings. The molecule has 4 aliphatic rings. The molecule has 4 bridgehead atoms. The molecule has 3 heteroatoms. The molecule has 0 radical (unpaired) electrons. The molecule has 3 nitrogen and oxygen atoms in total. The number of aromatic amines is 1. The van der Waals surface area contributed by atoms with Gasteiger partial charge in [-0.05, 0) is 37.3 Å². The molecule has 0 amide bonds. The number of hydrogen-bond donors (Lipinski definition) is 2. The van der Waals surface area contributed by atoms with Crippen LogP contribution < -0.4 is 5.32 Å². The molecule has 0 saturated carbocycles. The fourth-order valence-electron chi connectivity index (χ4n) is 4.85. The van der Waals surface area contributed by atoms with Crippen molar-refractivity contribution in [2.75, 3.05) is 13.2 Å². The fourth-order valence-corrected chi connectivity index (χ4v) is 4.85. The zero-order chi connectivity index (χ0) is 14.7. The first-order valence-corrected chi connectivity index (χ1v) is 8.44. The number of piperidine rings is 1. The Morgan fingerprint density at radius 1 is 1.27 bits per heavy atom. The molecule has 114 valence electrons. The van der Waals surface area contributed by atoms with E-state index in [2.05, 4.69) is 47.6 Å². The summed E-state index contributed by atoms with van der Waals surface area (Å²) in [6.07, 6.45) is 4.80. The Morgan fingerprint density at radius 3 is 3.09 bits per heavy atom. The highest BCUT2D eigenvalue weighted by Gasteiger charge is 2.44. The van der Waals surface area contributed by atoms with Crippen LogP contribution in [-0.2, 0) is 11.2 Å². The predicted molar refractivity (Wildman–Crippen MR) is 87.8 cm³/mol. The molecule has 4 atom stereocenters. The van der Waals surface area contributed by atoms with E-state index in [1.54, 1.807) is 5.57 Å². The highest BCUT2D eigenvalue weighted by atomic mass is 16.5. The summed E-state index contributed by atoms with van der Waals surface area (Å²) >= 11 is 0. The second-order valence-electron chi connectivity index (χ2n) is 6.95. The van der Waals surface area contributed by atoms with E-state index in [0.29, 0.717) is 17.9 Å². The minimum absolute atomic E-state index is 0.234. The first-order valence-electron chi connectivity index (χ1n) is 8.44. The number of benzene rings is 1. The second kappa shape index (κ2) is 4.71. The van der Waals surface area contributed by atoms with Crippen molar-refractivity contribution in [1.82, 2.24) is 10.3 Å². The monoisotopic (exact) mass is 294 g/mol. The van der Waals surface area contributed by atoms with E-state index in [4.69, 9.17) is 4.74 Å². The van der Waals surface area contributed by atoms with Gasteiger partial charge in [-0.2, -0.15) is 0 Å². The van der Waals surface area contributed by atoms with Gasteiger partial charge >= 0.3 is 0 Å². The molecular formula is C19H22N2O. The summed E-state index contributed by atoms with van der Waals surface area (Å²) in [5, 5.41) is 5.16. The Bertz CT molecular complexity index is 760. The molecule has 0 unspecified atom stereocenters. The van der Waals surface area contributed by atoms with Crippen LogP contribution in [0, 0.1) is 11.8 Å². The lowest BCUT2D eigenvalue weighted by atomic mass is 9.69. The molecule has 2 N–H and O–H groups in total. The number of rotatable bonds is 0. The zero-order valence-corrected chi connectivity index (χ0v) is 12.9. The standard InChI is InChI=1S/C19H22N2O/c1-2-11-9-20-17-7-14-12-5-3-4-6-16(12)21-19(14)18-8-13(11)15(17)10-22-18/h2-6,13,15,17-18,20-21H,7-10H2,1H3/b11-2-/t13-,15+,17+,18+/m1/s1. The highest BCUT2D eigenvalue weighted by molar-refractivity contribution is 5.85. The van der Waals surface area contributed by atoms with E-state index in [0.717, 1.165) is 26.0 Å². The first-order chi connectivity index (χ1) is 10.8. The lowest BCUT2D eigenvalue weighted by molar-refractivity contribution is -0.0633. The van der Waals surface area contributed by atoms with Gasteiger partial charge in [0, 0.05) is 35.1 Å². The van der Waals surface area contributed by atoms with E-state index in [-0.39, 0.29) is 6.10 Å². The van der Waals surface area contributed by atoms with Crippen LogP contribution in [0.25, 0.3) is 10.9 Å². The van der Waals surface area contributed by atoms with E-state index < -0.39 is 0 Å². The molecule has 22 heavy (non-hydrogen) atoms. The molecule has 0 spiro atoms. The fraction of sp³-hybridized carbons (Fsp3) is 0.474. The van der Waals surface area contributed by atoms with E-state index >= 15 is 0 Å². The van der Waals surface area contributed by atoms with Gasteiger partial charge in [-0.3, -0.25) is 0 Å². The van der Waals surface area contributed by atoms with Crippen LogP contribution in [0.5, 0.6) is 0 Å².